The Balaban J connectivity index is 1.57. The van der Waals surface area contributed by atoms with Crippen LogP contribution in [0.3, 0.4) is 0 Å². The zero-order chi connectivity index (χ0) is 12.5. The second-order valence-electron chi connectivity index (χ2n) is 4.46. The monoisotopic (exact) mass is 250 g/mol. The number of aliphatic hydroxyl groups is 1. The molecule has 0 atom stereocenters. The van der Waals surface area contributed by atoms with Crippen LogP contribution < -0.4 is 14.8 Å². The third kappa shape index (κ3) is 2.25. The van der Waals surface area contributed by atoms with Crippen LogP contribution in [0.4, 0.5) is 5.69 Å². The molecule has 1 saturated heterocycles. The minimum Gasteiger partial charge on any atom is -0.454 e. The maximum absolute atomic E-state index is 11.7. The Labute approximate surface area is 104 Å². The average Bonchev–Trinajstić information content (AvgIpc) is 2.74. The Kier molecular flexibility index (Phi) is 2.81. The molecule has 18 heavy (non-hydrogen) atoms. The summed E-state index contributed by atoms with van der Waals surface area (Å²) in [5.41, 5.74) is 0.685. The van der Waals surface area contributed by atoms with E-state index in [0.29, 0.717) is 36.8 Å². The van der Waals surface area contributed by atoms with Crippen molar-refractivity contribution < 1.29 is 19.4 Å². The van der Waals surface area contributed by atoms with Gasteiger partial charge in [-0.1, -0.05) is 0 Å². The number of ether oxygens (including phenoxy) is 2. The summed E-state index contributed by atoms with van der Waals surface area (Å²) in [6, 6.07) is 5.28. The fourth-order valence-electron chi connectivity index (χ4n) is 2.05. The summed E-state index contributed by atoms with van der Waals surface area (Å²) < 4.78 is 10.4. The number of rotatable bonds is 3. The van der Waals surface area contributed by atoms with Gasteiger partial charge in [-0.25, -0.2) is 0 Å². The van der Waals surface area contributed by atoms with Crippen LogP contribution in [0.25, 0.3) is 0 Å². The molecule has 1 amide bonds. The van der Waals surface area contributed by atoms with Gasteiger partial charge in [0, 0.05) is 24.8 Å². The summed E-state index contributed by atoms with van der Waals surface area (Å²) in [6.45, 7) is 1.65. The second kappa shape index (κ2) is 4.47. The first-order valence-electron chi connectivity index (χ1n) is 5.80. The van der Waals surface area contributed by atoms with E-state index in [1.807, 2.05) is 4.90 Å². The normalized spacial score (nSPS) is 18.5. The number of β-amino-alcohol motifs (C(OH)–C–C–N with tert-alkyl or cyclic N) is 1. The smallest absolute Gasteiger partial charge is 0.238 e. The Morgan fingerprint density at radius 3 is 2.94 bits per heavy atom. The van der Waals surface area contributed by atoms with Crippen molar-refractivity contribution in [3.63, 3.8) is 0 Å². The Bertz CT molecular complexity index is 471. The third-order valence-corrected chi connectivity index (χ3v) is 2.96. The Morgan fingerprint density at radius 2 is 2.17 bits per heavy atom. The number of hydrogen-bond donors (Lipinski definition) is 2. The highest BCUT2D eigenvalue weighted by Crippen LogP contribution is 2.34. The molecule has 0 unspecified atom stereocenters. The van der Waals surface area contributed by atoms with Gasteiger partial charge in [-0.2, -0.15) is 0 Å². The fraction of sp³-hybridized carbons (Fsp3) is 0.417. The first-order valence-corrected chi connectivity index (χ1v) is 5.80. The van der Waals surface area contributed by atoms with Gasteiger partial charge in [-0.3, -0.25) is 9.69 Å². The van der Waals surface area contributed by atoms with Gasteiger partial charge in [0.05, 0.1) is 12.6 Å². The van der Waals surface area contributed by atoms with Crippen LogP contribution in [0.15, 0.2) is 18.2 Å². The number of fused-ring (bicyclic) bond motifs is 1. The first-order chi connectivity index (χ1) is 8.70. The quantitative estimate of drug-likeness (QED) is 0.792. The van der Waals surface area contributed by atoms with Crippen molar-refractivity contribution in [1.29, 1.82) is 0 Å². The van der Waals surface area contributed by atoms with Crippen molar-refractivity contribution in [3.8, 4) is 11.5 Å². The van der Waals surface area contributed by atoms with E-state index in [-0.39, 0.29) is 18.8 Å². The van der Waals surface area contributed by atoms with E-state index in [9.17, 15) is 4.79 Å². The molecular weight excluding hydrogens is 236 g/mol. The molecule has 0 saturated carbocycles. The lowest BCUT2D eigenvalue weighted by atomic mass is 10.2. The molecule has 0 radical (unpaired) electrons. The molecule has 0 aromatic heterocycles. The summed E-state index contributed by atoms with van der Waals surface area (Å²) in [5, 5.41) is 11.9. The van der Waals surface area contributed by atoms with E-state index in [0.717, 1.165) is 0 Å². The lowest BCUT2D eigenvalue weighted by molar-refractivity contribution is -0.119. The molecule has 1 fully saturated rings. The predicted molar refractivity (Wildman–Crippen MR) is 63.6 cm³/mol. The third-order valence-electron chi connectivity index (χ3n) is 2.96. The number of carbonyl (C=O) groups is 1. The van der Waals surface area contributed by atoms with E-state index in [1.54, 1.807) is 18.2 Å². The highest BCUT2D eigenvalue weighted by atomic mass is 16.7. The molecular formula is C12H14N2O4. The van der Waals surface area contributed by atoms with E-state index >= 15 is 0 Å². The summed E-state index contributed by atoms with van der Waals surface area (Å²) in [5.74, 6) is 1.24. The molecule has 6 nitrogen and oxygen atoms in total. The van der Waals surface area contributed by atoms with Crippen molar-refractivity contribution in [2.75, 3.05) is 31.7 Å². The highest BCUT2D eigenvalue weighted by molar-refractivity contribution is 5.92. The van der Waals surface area contributed by atoms with Crippen molar-refractivity contribution in [2.24, 2.45) is 0 Å². The van der Waals surface area contributed by atoms with Gasteiger partial charge in [0.15, 0.2) is 11.5 Å². The number of anilines is 1. The second-order valence-corrected chi connectivity index (χ2v) is 4.46. The molecule has 96 valence electrons. The van der Waals surface area contributed by atoms with Crippen LogP contribution in [0, 0.1) is 0 Å². The van der Waals surface area contributed by atoms with Gasteiger partial charge in [0.2, 0.25) is 12.7 Å². The Hall–Kier alpha value is -1.79. The number of benzene rings is 1. The molecule has 1 aromatic carbocycles. The first kappa shape index (κ1) is 11.3. The van der Waals surface area contributed by atoms with Crippen LogP contribution in [0.2, 0.25) is 0 Å². The zero-order valence-electron chi connectivity index (χ0n) is 9.76. The molecule has 1 aromatic rings. The fourth-order valence-corrected chi connectivity index (χ4v) is 2.05. The molecule has 3 rings (SSSR count). The number of aliphatic hydroxyl groups excluding tert-OH is 1. The lowest BCUT2D eigenvalue weighted by Gasteiger charge is -2.34. The molecule has 0 aliphatic carbocycles. The van der Waals surface area contributed by atoms with E-state index in [2.05, 4.69) is 5.32 Å². The molecule has 0 spiro atoms. The SMILES string of the molecule is O=C(CN1CC(O)C1)Nc1ccc2c(c1)OCO2. The number of nitrogens with zero attached hydrogens (tertiary/aromatic N) is 1. The van der Waals surface area contributed by atoms with Gasteiger partial charge in [0.25, 0.3) is 0 Å². The van der Waals surface area contributed by atoms with E-state index < -0.39 is 0 Å². The molecule has 6 heteroatoms. The molecule has 2 aliphatic rings. The summed E-state index contributed by atoms with van der Waals surface area (Å²) in [4.78, 5) is 13.6. The van der Waals surface area contributed by atoms with Crippen molar-refractivity contribution >= 4 is 11.6 Å². The van der Waals surface area contributed by atoms with Crippen LogP contribution >= 0.6 is 0 Å². The summed E-state index contributed by atoms with van der Waals surface area (Å²) >= 11 is 0. The van der Waals surface area contributed by atoms with Crippen molar-refractivity contribution in [2.45, 2.75) is 6.10 Å². The number of amides is 1. The van der Waals surface area contributed by atoms with Gasteiger partial charge in [-0.15, -0.1) is 0 Å². The van der Waals surface area contributed by atoms with E-state index in [1.165, 1.54) is 0 Å². The maximum atomic E-state index is 11.7. The minimum atomic E-state index is -0.289. The maximum Gasteiger partial charge on any atom is 0.238 e. The number of carbonyl (C=O) groups excluding carboxylic acids is 1. The summed E-state index contributed by atoms with van der Waals surface area (Å²) in [7, 11) is 0. The van der Waals surface area contributed by atoms with E-state index in [4.69, 9.17) is 14.6 Å². The number of nitrogens with one attached hydrogen (secondary N) is 1. The Morgan fingerprint density at radius 1 is 1.39 bits per heavy atom. The van der Waals surface area contributed by atoms with Crippen LogP contribution in [0.1, 0.15) is 0 Å². The number of hydrogen-bond acceptors (Lipinski definition) is 5. The van der Waals surface area contributed by atoms with Gasteiger partial charge in [-0.05, 0) is 12.1 Å². The summed E-state index contributed by atoms with van der Waals surface area (Å²) in [6.07, 6.45) is -0.289. The van der Waals surface area contributed by atoms with Crippen molar-refractivity contribution in [3.05, 3.63) is 18.2 Å². The standard InChI is InChI=1S/C12H14N2O4/c15-9-4-14(5-9)6-12(16)13-8-1-2-10-11(3-8)18-7-17-10/h1-3,9,15H,4-7H2,(H,13,16). The average molecular weight is 250 g/mol. The molecule has 2 aliphatic heterocycles. The minimum absolute atomic E-state index is 0.0965. The van der Waals surface area contributed by atoms with Crippen LogP contribution in [-0.4, -0.2) is 48.4 Å². The topological polar surface area (TPSA) is 71.0 Å². The lowest BCUT2D eigenvalue weighted by Crippen LogP contribution is -2.53. The molecule has 2 heterocycles. The van der Waals surface area contributed by atoms with Gasteiger partial charge >= 0.3 is 0 Å². The number of likely N-dealkylation sites (tertiary alicyclic amines) is 1. The zero-order valence-corrected chi connectivity index (χ0v) is 9.76. The predicted octanol–water partition coefficient (Wildman–Crippen LogP) is 0.0303. The molecule has 2 N–H and O–H groups in total. The highest BCUT2D eigenvalue weighted by Gasteiger charge is 2.26. The van der Waals surface area contributed by atoms with Crippen LogP contribution in [0.5, 0.6) is 11.5 Å². The van der Waals surface area contributed by atoms with Crippen molar-refractivity contribution in [1.82, 2.24) is 4.90 Å². The largest absolute Gasteiger partial charge is 0.454 e. The van der Waals surface area contributed by atoms with Gasteiger partial charge in [0.1, 0.15) is 0 Å². The van der Waals surface area contributed by atoms with Crippen LogP contribution in [-0.2, 0) is 4.79 Å². The van der Waals surface area contributed by atoms with Gasteiger partial charge < -0.3 is 19.9 Å². The molecule has 0 bridgehead atoms.